The highest BCUT2D eigenvalue weighted by molar-refractivity contribution is 5.31. The smallest absolute Gasteiger partial charge is 0.105 e. The molecule has 0 saturated carbocycles. The van der Waals surface area contributed by atoms with Gasteiger partial charge in [0.15, 0.2) is 0 Å². The van der Waals surface area contributed by atoms with Gasteiger partial charge in [-0.1, -0.05) is 31.5 Å². The zero-order chi connectivity index (χ0) is 11.4. The predicted octanol–water partition coefficient (Wildman–Crippen LogP) is 2.50. The second-order valence-electron chi connectivity index (χ2n) is 4.14. The normalized spacial score (nSPS) is 15.0. The molecule has 0 heterocycles. The molecule has 0 spiro atoms. The van der Waals surface area contributed by atoms with E-state index in [4.69, 9.17) is 0 Å². The van der Waals surface area contributed by atoms with E-state index < -0.39 is 12.2 Å². The van der Waals surface area contributed by atoms with Crippen molar-refractivity contribution in [2.75, 3.05) is 0 Å². The molecule has 0 aliphatic heterocycles. The van der Waals surface area contributed by atoms with E-state index >= 15 is 0 Å². The third-order valence-corrected chi connectivity index (χ3v) is 2.82. The SMILES string of the molecule is CCCC(O)C(O)c1ccc(C)c(C)c1. The van der Waals surface area contributed by atoms with Crippen LogP contribution < -0.4 is 0 Å². The molecule has 2 heteroatoms. The second-order valence-corrected chi connectivity index (χ2v) is 4.14. The number of aliphatic hydroxyl groups excluding tert-OH is 2. The van der Waals surface area contributed by atoms with E-state index in [1.807, 2.05) is 39.0 Å². The first kappa shape index (κ1) is 12.2. The molecular weight excluding hydrogens is 188 g/mol. The summed E-state index contributed by atoms with van der Waals surface area (Å²) >= 11 is 0. The largest absolute Gasteiger partial charge is 0.390 e. The standard InChI is InChI=1S/C13H20O2/c1-4-5-12(14)13(15)11-7-6-9(2)10(3)8-11/h6-8,12-15H,4-5H2,1-3H3. The molecule has 2 atom stereocenters. The van der Waals surface area contributed by atoms with Crippen molar-refractivity contribution in [1.29, 1.82) is 0 Å². The van der Waals surface area contributed by atoms with Crippen LogP contribution in [0.15, 0.2) is 18.2 Å². The number of aliphatic hydroxyl groups is 2. The van der Waals surface area contributed by atoms with Crippen LogP contribution in [0.25, 0.3) is 0 Å². The third kappa shape index (κ3) is 3.05. The minimum Gasteiger partial charge on any atom is -0.390 e. The summed E-state index contributed by atoms with van der Waals surface area (Å²) in [7, 11) is 0. The summed E-state index contributed by atoms with van der Waals surface area (Å²) in [5.41, 5.74) is 3.16. The van der Waals surface area contributed by atoms with Crippen molar-refractivity contribution in [1.82, 2.24) is 0 Å². The van der Waals surface area contributed by atoms with Crippen LogP contribution in [0.5, 0.6) is 0 Å². The lowest BCUT2D eigenvalue weighted by Crippen LogP contribution is -2.17. The van der Waals surface area contributed by atoms with Crippen molar-refractivity contribution in [2.45, 2.75) is 45.8 Å². The Bertz CT molecular complexity index is 320. The lowest BCUT2D eigenvalue weighted by molar-refractivity contribution is 0.0131. The molecule has 0 bridgehead atoms. The molecule has 15 heavy (non-hydrogen) atoms. The van der Waals surface area contributed by atoms with Crippen molar-refractivity contribution >= 4 is 0 Å². The van der Waals surface area contributed by atoms with E-state index in [0.717, 1.165) is 17.5 Å². The Balaban J connectivity index is 2.81. The fourth-order valence-corrected chi connectivity index (χ4v) is 1.62. The van der Waals surface area contributed by atoms with Gasteiger partial charge in [-0.2, -0.15) is 0 Å². The number of rotatable bonds is 4. The Labute approximate surface area is 91.6 Å². The topological polar surface area (TPSA) is 40.5 Å². The van der Waals surface area contributed by atoms with Crippen LogP contribution in [-0.2, 0) is 0 Å². The Morgan fingerprint density at radius 3 is 2.33 bits per heavy atom. The molecule has 1 rings (SSSR count). The molecule has 0 radical (unpaired) electrons. The van der Waals surface area contributed by atoms with Crippen LogP contribution in [0.4, 0.5) is 0 Å². The van der Waals surface area contributed by atoms with Gasteiger partial charge in [-0.15, -0.1) is 0 Å². The maximum atomic E-state index is 9.89. The highest BCUT2D eigenvalue weighted by Crippen LogP contribution is 2.22. The third-order valence-electron chi connectivity index (χ3n) is 2.82. The van der Waals surface area contributed by atoms with Crippen LogP contribution in [0.2, 0.25) is 0 Å². The maximum Gasteiger partial charge on any atom is 0.105 e. The van der Waals surface area contributed by atoms with Gasteiger partial charge in [0.2, 0.25) is 0 Å². The van der Waals surface area contributed by atoms with Gasteiger partial charge in [0, 0.05) is 0 Å². The summed E-state index contributed by atoms with van der Waals surface area (Å²) in [4.78, 5) is 0. The highest BCUT2D eigenvalue weighted by atomic mass is 16.3. The highest BCUT2D eigenvalue weighted by Gasteiger charge is 2.17. The molecular formula is C13H20O2. The van der Waals surface area contributed by atoms with Crippen molar-refractivity contribution in [3.63, 3.8) is 0 Å². The summed E-state index contributed by atoms with van der Waals surface area (Å²) < 4.78 is 0. The molecule has 1 aromatic rings. The van der Waals surface area contributed by atoms with Crippen molar-refractivity contribution in [2.24, 2.45) is 0 Å². The van der Waals surface area contributed by atoms with Crippen LogP contribution in [0.3, 0.4) is 0 Å². The summed E-state index contributed by atoms with van der Waals surface area (Å²) in [5, 5.41) is 19.6. The Morgan fingerprint density at radius 1 is 1.13 bits per heavy atom. The number of hydrogen-bond donors (Lipinski definition) is 2. The van der Waals surface area contributed by atoms with Crippen LogP contribution in [0, 0.1) is 13.8 Å². The van der Waals surface area contributed by atoms with E-state index in [1.54, 1.807) is 0 Å². The first-order valence-corrected chi connectivity index (χ1v) is 5.49. The van der Waals surface area contributed by atoms with Gasteiger partial charge < -0.3 is 10.2 Å². The molecule has 1 aromatic carbocycles. The first-order chi connectivity index (χ1) is 7.06. The van der Waals surface area contributed by atoms with Crippen molar-refractivity contribution in [3.05, 3.63) is 34.9 Å². The number of aryl methyl sites for hydroxylation is 2. The minimum atomic E-state index is -0.760. The average Bonchev–Trinajstić information content (AvgIpc) is 2.21. The van der Waals surface area contributed by atoms with Gasteiger partial charge >= 0.3 is 0 Å². The zero-order valence-corrected chi connectivity index (χ0v) is 9.70. The van der Waals surface area contributed by atoms with Crippen LogP contribution in [-0.4, -0.2) is 16.3 Å². The summed E-state index contributed by atoms with van der Waals surface area (Å²) in [6.07, 6.45) is 0.0957. The molecule has 2 N–H and O–H groups in total. The summed E-state index contributed by atoms with van der Waals surface area (Å²) in [6.45, 7) is 6.04. The fraction of sp³-hybridized carbons (Fsp3) is 0.538. The maximum absolute atomic E-state index is 9.89. The van der Waals surface area contributed by atoms with E-state index in [-0.39, 0.29) is 0 Å². The Morgan fingerprint density at radius 2 is 1.80 bits per heavy atom. The Kier molecular flexibility index (Phi) is 4.30. The van der Waals surface area contributed by atoms with Gasteiger partial charge in [-0.05, 0) is 37.0 Å². The monoisotopic (exact) mass is 208 g/mol. The summed E-state index contributed by atoms with van der Waals surface area (Å²) in [5.74, 6) is 0. The van der Waals surface area contributed by atoms with E-state index in [9.17, 15) is 10.2 Å². The fourth-order valence-electron chi connectivity index (χ4n) is 1.62. The van der Waals surface area contributed by atoms with Gasteiger partial charge in [0.1, 0.15) is 6.10 Å². The van der Waals surface area contributed by atoms with Gasteiger partial charge in [0.05, 0.1) is 6.10 Å². The zero-order valence-electron chi connectivity index (χ0n) is 9.70. The quantitative estimate of drug-likeness (QED) is 0.798. The van der Waals surface area contributed by atoms with E-state index in [1.165, 1.54) is 5.56 Å². The molecule has 2 nitrogen and oxygen atoms in total. The Hall–Kier alpha value is -0.860. The van der Waals surface area contributed by atoms with Crippen molar-refractivity contribution < 1.29 is 10.2 Å². The number of hydrogen-bond acceptors (Lipinski definition) is 2. The lowest BCUT2D eigenvalue weighted by atomic mass is 9.98. The molecule has 0 aliphatic carbocycles. The van der Waals surface area contributed by atoms with E-state index in [2.05, 4.69) is 0 Å². The van der Waals surface area contributed by atoms with Crippen LogP contribution >= 0.6 is 0 Å². The molecule has 0 amide bonds. The van der Waals surface area contributed by atoms with Gasteiger partial charge in [0.25, 0.3) is 0 Å². The summed E-state index contributed by atoms with van der Waals surface area (Å²) in [6, 6.07) is 5.80. The minimum absolute atomic E-state index is 0.633. The molecule has 84 valence electrons. The van der Waals surface area contributed by atoms with Gasteiger partial charge in [-0.3, -0.25) is 0 Å². The molecule has 2 unspecified atom stereocenters. The molecule has 0 saturated heterocycles. The molecule has 0 aliphatic rings. The average molecular weight is 208 g/mol. The van der Waals surface area contributed by atoms with Crippen LogP contribution in [0.1, 0.15) is 42.6 Å². The molecule has 0 aromatic heterocycles. The lowest BCUT2D eigenvalue weighted by Gasteiger charge is -2.18. The predicted molar refractivity (Wildman–Crippen MR) is 61.8 cm³/mol. The second kappa shape index (κ2) is 5.29. The van der Waals surface area contributed by atoms with Crippen molar-refractivity contribution in [3.8, 4) is 0 Å². The first-order valence-electron chi connectivity index (χ1n) is 5.49. The number of benzene rings is 1. The van der Waals surface area contributed by atoms with E-state index in [0.29, 0.717) is 6.42 Å². The van der Waals surface area contributed by atoms with Gasteiger partial charge in [-0.25, -0.2) is 0 Å². The molecule has 0 fully saturated rings.